The molecular formula is C22H17N3O4. The number of hydrogen-bond donors (Lipinski definition) is 1. The minimum Gasteiger partial charge on any atom is -0.497 e. The molecule has 1 amide bonds. The van der Waals surface area contributed by atoms with Gasteiger partial charge in [0.2, 0.25) is 11.7 Å². The summed E-state index contributed by atoms with van der Waals surface area (Å²) < 4.78 is 15.8. The van der Waals surface area contributed by atoms with Crippen molar-refractivity contribution >= 4 is 17.7 Å². The minimum absolute atomic E-state index is 0.302. The normalized spacial score (nSPS) is 10.9. The molecule has 0 saturated carbocycles. The Morgan fingerprint density at radius 3 is 2.66 bits per heavy atom. The molecule has 0 radical (unpaired) electrons. The van der Waals surface area contributed by atoms with Gasteiger partial charge >= 0.3 is 0 Å². The highest BCUT2D eigenvalue weighted by atomic mass is 16.5. The number of benzene rings is 2. The van der Waals surface area contributed by atoms with Crippen LogP contribution in [-0.2, 0) is 4.79 Å². The summed E-state index contributed by atoms with van der Waals surface area (Å²) in [6, 6.07) is 18.1. The Hall–Kier alpha value is -4.13. The fourth-order valence-corrected chi connectivity index (χ4v) is 2.69. The molecule has 0 aliphatic carbocycles. The fourth-order valence-electron chi connectivity index (χ4n) is 2.69. The number of rotatable bonds is 6. The molecule has 4 rings (SSSR count). The molecule has 7 nitrogen and oxygen atoms in total. The van der Waals surface area contributed by atoms with Crippen LogP contribution in [0.25, 0.3) is 28.9 Å². The van der Waals surface area contributed by atoms with Crippen LogP contribution < -0.4 is 10.1 Å². The van der Waals surface area contributed by atoms with Gasteiger partial charge in [-0.1, -0.05) is 17.3 Å². The summed E-state index contributed by atoms with van der Waals surface area (Å²) in [5, 5.41) is 6.87. The molecule has 2 aromatic heterocycles. The SMILES string of the molecule is COc1ccc(-c2noc(-c3ccccc3NC(=O)C=Cc3ccco3)n2)cc1. The van der Waals surface area contributed by atoms with Crippen LogP contribution in [0.3, 0.4) is 0 Å². The number of nitrogens with zero attached hydrogens (tertiary/aromatic N) is 2. The summed E-state index contributed by atoms with van der Waals surface area (Å²) >= 11 is 0. The van der Waals surface area contributed by atoms with E-state index in [1.54, 1.807) is 43.7 Å². The Kier molecular flexibility index (Phi) is 5.20. The molecule has 0 saturated heterocycles. The number of carbonyl (C=O) groups is 1. The molecule has 0 bridgehead atoms. The van der Waals surface area contributed by atoms with Gasteiger partial charge < -0.3 is 19.0 Å². The van der Waals surface area contributed by atoms with Gasteiger partial charge in [0.05, 0.1) is 24.6 Å². The monoisotopic (exact) mass is 387 g/mol. The second-order valence-electron chi connectivity index (χ2n) is 6.04. The molecule has 144 valence electrons. The van der Waals surface area contributed by atoms with Crippen LogP contribution in [0.15, 0.2) is 81.9 Å². The Morgan fingerprint density at radius 2 is 1.90 bits per heavy atom. The molecule has 0 unspecified atom stereocenters. The van der Waals surface area contributed by atoms with Crippen LogP contribution in [0.1, 0.15) is 5.76 Å². The van der Waals surface area contributed by atoms with Crippen molar-refractivity contribution in [3.63, 3.8) is 0 Å². The molecule has 0 aliphatic heterocycles. The zero-order valence-corrected chi connectivity index (χ0v) is 15.5. The van der Waals surface area contributed by atoms with Crippen molar-refractivity contribution in [2.24, 2.45) is 0 Å². The lowest BCUT2D eigenvalue weighted by molar-refractivity contribution is -0.111. The lowest BCUT2D eigenvalue weighted by Gasteiger charge is -2.06. The van der Waals surface area contributed by atoms with Crippen LogP contribution in [0.2, 0.25) is 0 Å². The van der Waals surface area contributed by atoms with Crippen molar-refractivity contribution in [3.8, 4) is 28.6 Å². The van der Waals surface area contributed by atoms with Crippen LogP contribution in [0.4, 0.5) is 5.69 Å². The highest BCUT2D eigenvalue weighted by Gasteiger charge is 2.15. The van der Waals surface area contributed by atoms with Crippen molar-refractivity contribution in [1.29, 1.82) is 0 Å². The molecule has 4 aromatic rings. The Bertz CT molecular complexity index is 1130. The van der Waals surface area contributed by atoms with Gasteiger partial charge in [-0.15, -0.1) is 0 Å². The average molecular weight is 387 g/mol. The first-order valence-corrected chi connectivity index (χ1v) is 8.83. The third-order valence-corrected chi connectivity index (χ3v) is 4.13. The molecular weight excluding hydrogens is 370 g/mol. The van der Waals surface area contributed by atoms with E-state index in [2.05, 4.69) is 15.5 Å². The number of amides is 1. The molecule has 1 N–H and O–H groups in total. The number of methoxy groups -OCH3 is 1. The first-order chi connectivity index (χ1) is 14.2. The van der Waals surface area contributed by atoms with Crippen LogP contribution >= 0.6 is 0 Å². The van der Waals surface area contributed by atoms with E-state index in [1.807, 2.05) is 36.4 Å². The lowest BCUT2D eigenvalue weighted by atomic mass is 10.1. The molecule has 7 heteroatoms. The van der Waals surface area contributed by atoms with Gasteiger partial charge in [0, 0.05) is 11.6 Å². The van der Waals surface area contributed by atoms with Gasteiger partial charge in [0.15, 0.2) is 0 Å². The summed E-state index contributed by atoms with van der Waals surface area (Å²) in [7, 11) is 1.61. The molecule has 2 heterocycles. The fraction of sp³-hybridized carbons (Fsp3) is 0.0455. The Balaban J connectivity index is 1.55. The van der Waals surface area contributed by atoms with Crippen LogP contribution in [-0.4, -0.2) is 23.2 Å². The van der Waals surface area contributed by atoms with Crippen molar-refractivity contribution < 1.29 is 18.5 Å². The molecule has 0 atom stereocenters. The lowest BCUT2D eigenvalue weighted by Crippen LogP contribution is -2.08. The van der Waals surface area contributed by atoms with Gasteiger partial charge in [-0.25, -0.2) is 0 Å². The number of nitrogens with one attached hydrogen (secondary N) is 1. The van der Waals surface area contributed by atoms with E-state index < -0.39 is 0 Å². The highest BCUT2D eigenvalue weighted by molar-refractivity contribution is 6.03. The number of anilines is 1. The summed E-state index contributed by atoms with van der Waals surface area (Å²) in [6.45, 7) is 0. The van der Waals surface area contributed by atoms with E-state index in [0.29, 0.717) is 28.7 Å². The third-order valence-electron chi connectivity index (χ3n) is 4.13. The van der Waals surface area contributed by atoms with Gasteiger partial charge in [-0.05, 0) is 54.6 Å². The predicted molar refractivity (Wildman–Crippen MR) is 108 cm³/mol. The zero-order valence-electron chi connectivity index (χ0n) is 15.5. The van der Waals surface area contributed by atoms with E-state index in [4.69, 9.17) is 13.7 Å². The average Bonchev–Trinajstić information content (AvgIpc) is 3.45. The maximum Gasteiger partial charge on any atom is 0.260 e. The molecule has 2 aromatic carbocycles. The Labute approximate surface area is 166 Å². The number of furan rings is 1. The number of para-hydroxylation sites is 1. The molecule has 29 heavy (non-hydrogen) atoms. The molecule has 0 spiro atoms. The van der Waals surface area contributed by atoms with E-state index >= 15 is 0 Å². The van der Waals surface area contributed by atoms with Crippen molar-refractivity contribution in [3.05, 3.63) is 78.8 Å². The minimum atomic E-state index is -0.302. The van der Waals surface area contributed by atoms with Gasteiger partial charge in [-0.3, -0.25) is 4.79 Å². The largest absolute Gasteiger partial charge is 0.497 e. The first-order valence-electron chi connectivity index (χ1n) is 8.83. The summed E-state index contributed by atoms with van der Waals surface area (Å²) in [6.07, 6.45) is 4.53. The number of ether oxygens (including phenoxy) is 1. The van der Waals surface area contributed by atoms with E-state index in [1.165, 1.54) is 6.08 Å². The van der Waals surface area contributed by atoms with Crippen molar-refractivity contribution in [2.45, 2.75) is 0 Å². The van der Waals surface area contributed by atoms with Crippen LogP contribution in [0.5, 0.6) is 5.75 Å². The smallest absolute Gasteiger partial charge is 0.260 e. The van der Waals surface area contributed by atoms with E-state index in [0.717, 1.165) is 11.3 Å². The third kappa shape index (κ3) is 4.24. The molecule has 0 aliphatic rings. The Morgan fingerprint density at radius 1 is 1.07 bits per heavy atom. The summed E-state index contributed by atoms with van der Waals surface area (Å²) in [5.74, 6) is 1.79. The van der Waals surface area contributed by atoms with Crippen molar-refractivity contribution in [2.75, 3.05) is 12.4 Å². The van der Waals surface area contributed by atoms with E-state index in [9.17, 15) is 4.79 Å². The van der Waals surface area contributed by atoms with Gasteiger partial charge in [0.25, 0.3) is 5.89 Å². The van der Waals surface area contributed by atoms with Gasteiger partial charge in [0.1, 0.15) is 11.5 Å². The predicted octanol–water partition coefficient (Wildman–Crippen LogP) is 4.66. The van der Waals surface area contributed by atoms with Gasteiger partial charge in [-0.2, -0.15) is 4.98 Å². The summed E-state index contributed by atoms with van der Waals surface area (Å²) in [4.78, 5) is 16.7. The number of hydrogen-bond acceptors (Lipinski definition) is 6. The van der Waals surface area contributed by atoms with Crippen molar-refractivity contribution in [1.82, 2.24) is 10.1 Å². The number of aromatic nitrogens is 2. The van der Waals surface area contributed by atoms with E-state index in [-0.39, 0.29) is 5.91 Å². The topological polar surface area (TPSA) is 90.4 Å². The standard InChI is InChI=1S/C22H17N3O4/c1-27-16-10-8-15(9-11-16)21-24-22(29-25-21)18-6-2-3-7-19(18)23-20(26)13-12-17-5-4-14-28-17/h2-14H,1H3,(H,23,26). The second-order valence-corrected chi connectivity index (χ2v) is 6.04. The number of carbonyl (C=O) groups excluding carboxylic acids is 1. The zero-order chi connectivity index (χ0) is 20.1. The highest BCUT2D eigenvalue weighted by Crippen LogP contribution is 2.29. The van der Waals surface area contributed by atoms with Crippen LogP contribution in [0, 0.1) is 0 Å². The molecule has 0 fully saturated rings. The first kappa shape index (κ1) is 18.2. The maximum absolute atomic E-state index is 12.3. The maximum atomic E-state index is 12.3. The quantitative estimate of drug-likeness (QED) is 0.484. The second kappa shape index (κ2) is 8.26. The summed E-state index contributed by atoms with van der Waals surface area (Å²) in [5.41, 5.74) is 1.98.